The largest absolute Gasteiger partial charge is 0.501 e. The maximum Gasteiger partial charge on any atom is 0.501 e. The first-order valence-electron chi connectivity index (χ1n) is 5.70. The molecule has 1 aromatic carbocycles. The number of halogens is 3. The monoisotopic (exact) mass is 342 g/mol. The van der Waals surface area contributed by atoms with Crippen LogP contribution < -0.4 is 10.0 Å². The van der Waals surface area contributed by atoms with Gasteiger partial charge in [-0.3, -0.25) is 4.72 Å². The summed E-state index contributed by atoms with van der Waals surface area (Å²) in [6, 6.07) is 3.65. The van der Waals surface area contributed by atoms with E-state index in [4.69, 9.17) is 0 Å². The SMILES string of the molecule is CNSc1ccc(NCCC=O)c(S(=O)(=O)C(F)(F)F)c1. The number of benzene rings is 1. The lowest BCUT2D eigenvalue weighted by atomic mass is 10.3. The molecule has 0 saturated heterocycles. The number of alkyl halides is 3. The molecule has 21 heavy (non-hydrogen) atoms. The highest BCUT2D eigenvalue weighted by molar-refractivity contribution is 7.97. The number of aldehydes is 1. The maximum atomic E-state index is 12.7. The van der Waals surface area contributed by atoms with E-state index in [9.17, 15) is 26.4 Å². The zero-order valence-electron chi connectivity index (χ0n) is 10.9. The molecule has 1 aromatic rings. The van der Waals surface area contributed by atoms with E-state index < -0.39 is 20.2 Å². The molecule has 0 unspecified atom stereocenters. The Hall–Kier alpha value is -1.26. The fourth-order valence-corrected chi connectivity index (χ4v) is 3.03. The lowest BCUT2D eigenvalue weighted by Crippen LogP contribution is -2.24. The molecule has 0 amide bonds. The summed E-state index contributed by atoms with van der Waals surface area (Å²) in [5.41, 5.74) is -5.58. The average Bonchev–Trinajstić information content (AvgIpc) is 2.39. The van der Waals surface area contributed by atoms with Crippen molar-refractivity contribution in [2.45, 2.75) is 21.7 Å². The number of sulfone groups is 1. The third kappa shape index (κ3) is 4.35. The van der Waals surface area contributed by atoms with Crippen LogP contribution in [0.3, 0.4) is 0 Å². The van der Waals surface area contributed by atoms with Crippen molar-refractivity contribution in [3.05, 3.63) is 18.2 Å². The summed E-state index contributed by atoms with van der Waals surface area (Å²) in [4.78, 5) is 9.69. The van der Waals surface area contributed by atoms with E-state index in [0.717, 1.165) is 18.0 Å². The first-order valence-corrected chi connectivity index (χ1v) is 8.00. The van der Waals surface area contributed by atoms with Crippen LogP contribution >= 0.6 is 11.9 Å². The van der Waals surface area contributed by atoms with E-state index in [1.54, 1.807) is 7.05 Å². The predicted molar refractivity (Wildman–Crippen MR) is 73.8 cm³/mol. The Labute approximate surface area is 124 Å². The van der Waals surface area contributed by atoms with Crippen LogP contribution in [0.4, 0.5) is 18.9 Å². The molecule has 0 fully saturated rings. The maximum absolute atomic E-state index is 12.7. The quantitative estimate of drug-likeness (QED) is 0.450. The number of nitrogens with one attached hydrogen (secondary N) is 2. The van der Waals surface area contributed by atoms with Crippen molar-refractivity contribution in [1.82, 2.24) is 4.72 Å². The molecular weight excluding hydrogens is 329 g/mol. The number of carbonyl (C=O) groups excluding carboxylic acids is 1. The molecule has 5 nitrogen and oxygen atoms in total. The molecule has 0 aliphatic rings. The molecule has 0 bridgehead atoms. The standard InChI is InChI=1S/C11H13F3N2O3S2/c1-15-20-8-3-4-9(16-5-2-6-17)10(7-8)21(18,19)11(12,13)14/h3-4,6-7,15-16H,2,5H2,1H3. The number of hydrogen-bond donors (Lipinski definition) is 2. The summed E-state index contributed by atoms with van der Waals surface area (Å²) in [7, 11) is -3.92. The van der Waals surface area contributed by atoms with Crippen molar-refractivity contribution in [3.63, 3.8) is 0 Å². The molecule has 0 aliphatic carbocycles. The second-order valence-electron chi connectivity index (χ2n) is 3.80. The van der Waals surface area contributed by atoms with Gasteiger partial charge in [0.15, 0.2) is 0 Å². The minimum atomic E-state index is -5.48. The summed E-state index contributed by atoms with van der Waals surface area (Å²) < 4.78 is 64.0. The van der Waals surface area contributed by atoms with Crippen LogP contribution in [0.1, 0.15) is 6.42 Å². The molecule has 2 N–H and O–H groups in total. The Morgan fingerprint density at radius 2 is 2.00 bits per heavy atom. The van der Waals surface area contributed by atoms with Crippen LogP contribution in [-0.4, -0.2) is 33.8 Å². The van der Waals surface area contributed by atoms with Crippen molar-refractivity contribution < 1.29 is 26.4 Å². The van der Waals surface area contributed by atoms with Gasteiger partial charge in [-0.15, -0.1) is 0 Å². The highest BCUT2D eigenvalue weighted by atomic mass is 32.2. The minimum absolute atomic E-state index is 0.0440. The van der Waals surface area contributed by atoms with Gasteiger partial charge >= 0.3 is 5.51 Å². The number of rotatable bonds is 7. The van der Waals surface area contributed by atoms with Crippen molar-refractivity contribution in [1.29, 1.82) is 0 Å². The highest BCUT2D eigenvalue weighted by Gasteiger charge is 2.48. The van der Waals surface area contributed by atoms with Gasteiger partial charge in [0.25, 0.3) is 9.84 Å². The summed E-state index contributed by atoms with van der Waals surface area (Å²) >= 11 is 0.987. The summed E-state index contributed by atoms with van der Waals surface area (Å²) in [5.74, 6) is 0. The van der Waals surface area contributed by atoms with Gasteiger partial charge in [0.2, 0.25) is 0 Å². The molecule has 0 saturated carbocycles. The van der Waals surface area contributed by atoms with Gasteiger partial charge in [0.05, 0.1) is 5.69 Å². The molecule has 0 spiro atoms. The molecule has 10 heteroatoms. The first-order chi connectivity index (χ1) is 9.74. The molecule has 0 aromatic heterocycles. The van der Waals surface area contributed by atoms with Gasteiger partial charge in [0, 0.05) is 17.9 Å². The van der Waals surface area contributed by atoms with E-state index in [1.165, 1.54) is 12.1 Å². The Morgan fingerprint density at radius 1 is 1.33 bits per heavy atom. The van der Waals surface area contributed by atoms with Crippen molar-refractivity contribution >= 4 is 33.8 Å². The number of hydrogen-bond acceptors (Lipinski definition) is 6. The van der Waals surface area contributed by atoms with Crippen LogP contribution in [-0.2, 0) is 14.6 Å². The van der Waals surface area contributed by atoms with Crippen LogP contribution in [0.15, 0.2) is 28.0 Å². The van der Waals surface area contributed by atoms with Gasteiger partial charge in [-0.2, -0.15) is 13.2 Å². The lowest BCUT2D eigenvalue weighted by molar-refractivity contribution is -0.107. The third-order valence-electron chi connectivity index (χ3n) is 2.34. The predicted octanol–water partition coefficient (Wildman–Crippen LogP) is 2.21. The average molecular weight is 342 g/mol. The zero-order chi connectivity index (χ0) is 16.1. The topological polar surface area (TPSA) is 75.3 Å². The molecule has 0 heterocycles. The summed E-state index contributed by atoms with van der Waals surface area (Å²) in [6.07, 6.45) is 0.634. The Morgan fingerprint density at radius 3 is 2.52 bits per heavy atom. The van der Waals surface area contributed by atoms with Crippen LogP contribution in [0.2, 0.25) is 0 Å². The van der Waals surface area contributed by atoms with E-state index >= 15 is 0 Å². The summed E-state index contributed by atoms with van der Waals surface area (Å²) in [5, 5.41) is 2.52. The zero-order valence-corrected chi connectivity index (χ0v) is 12.5. The van der Waals surface area contributed by atoms with E-state index in [0.29, 0.717) is 11.2 Å². The molecule has 0 aliphatic heterocycles. The lowest BCUT2D eigenvalue weighted by Gasteiger charge is -2.15. The Balaban J connectivity index is 3.29. The second-order valence-corrected chi connectivity index (χ2v) is 6.79. The molecule has 1 rings (SSSR count). The molecule has 118 valence electrons. The normalized spacial score (nSPS) is 12.2. The van der Waals surface area contributed by atoms with Crippen LogP contribution in [0.5, 0.6) is 0 Å². The summed E-state index contributed by atoms with van der Waals surface area (Å²) in [6.45, 7) is 0.0440. The van der Waals surface area contributed by atoms with Crippen molar-refractivity contribution in [2.24, 2.45) is 0 Å². The van der Waals surface area contributed by atoms with Gasteiger partial charge in [-0.05, 0) is 37.2 Å². The number of carbonyl (C=O) groups is 1. The van der Waals surface area contributed by atoms with Crippen molar-refractivity contribution in [3.8, 4) is 0 Å². The molecule has 0 radical (unpaired) electrons. The van der Waals surface area contributed by atoms with Gasteiger partial charge in [-0.1, -0.05) is 0 Å². The van der Waals surface area contributed by atoms with E-state index in [1.807, 2.05) is 0 Å². The van der Waals surface area contributed by atoms with Gasteiger partial charge in [-0.25, -0.2) is 8.42 Å². The molecule has 0 atom stereocenters. The Kier molecular flexibility index (Phi) is 6.05. The third-order valence-corrected chi connectivity index (χ3v) is 4.56. The van der Waals surface area contributed by atoms with Gasteiger partial charge < -0.3 is 10.1 Å². The molecular formula is C11H13F3N2O3S2. The fourth-order valence-electron chi connectivity index (χ4n) is 1.44. The van der Waals surface area contributed by atoms with Crippen LogP contribution in [0.25, 0.3) is 0 Å². The number of anilines is 1. The fraction of sp³-hybridized carbons (Fsp3) is 0.364. The second kappa shape index (κ2) is 7.14. The van der Waals surface area contributed by atoms with E-state index in [-0.39, 0.29) is 18.7 Å². The van der Waals surface area contributed by atoms with E-state index in [2.05, 4.69) is 10.0 Å². The van der Waals surface area contributed by atoms with Crippen molar-refractivity contribution in [2.75, 3.05) is 18.9 Å². The first kappa shape index (κ1) is 17.8. The smallest absolute Gasteiger partial charge is 0.384 e. The highest BCUT2D eigenvalue weighted by Crippen LogP contribution is 2.36. The Bertz CT molecular complexity index is 603. The van der Waals surface area contributed by atoms with Crippen LogP contribution in [0, 0.1) is 0 Å². The minimum Gasteiger partial charge on any atom is -0.384 e. The van der Waals surface area contributed by atoms with Gasteiger partial charge in [0.1, 0.15) is 11.2 Å².